The Hall–Kier alpha value is -1.44. The number of hydrogen-bond donors (Lipinski definition) is 0. The van der Waals surface area contributed by atoms with Crippen LogP contribution in [-0.4, -0.2) is 53.9 Å². The molecule has 169 valence electrons. The van der Waals surface area contributed by atoms with Crippen LogP contribution in [-0.2, 0) is 33.3 Å². The van der Waals surface area contributed by atoms with Crippen LogP contribution in [0.4, 0.5) is 0 Å². The number of aromatic nitrogens is 6. The molecule has 7 nitrogen and oxygen atoms in total. The fourth-order valence-corrected chi connectivity index (χ4v) is 3.75. The Morgan fingerprint density at radius 2 is 0.900 bits per heavy atom. The summed E-state index contributed by atoms with van der Waals surface area (Å²) < 4.78 is 6.32. The molecule has 9 heteroatoms. The molecule has 0 aliphatic rings. The number of aryl methyl sites for hydroxylation is 6. The van der Waals surface area contributed by atoms with Gasteiger partial charge in [-0.05, 0) is 59.7 Å². The molecule has 0 aliphatic carbocycles. The predicted molar refractivity (Wildman–Crippen MR) is 120 cm³/mol. The van der Waals surface area contributed by atoms with Crippen molar-refractivity contribution in [2.24, 2.45) is 0 Å². The molecule has 3 heterocycles. The molecule has 0 bridgehead atoms. The maximum absolute atomic E-state index is 4.61. The molecule has 0 unspecified atom stereocenters. The molecule has 30 heavy (non-hydrogen) atoms. The number of halogens is 1. The van der Waals surface area contributed by atoms with Gasteiger partial charge in [-0.1, -0.05) is 0 Å². The first-order chi connectivity index (χ1) is 14.3. The molecule has 0 saturated heterocycles. The van der Waals surface area contributed by atoms with Crippen molar-refractivity contribution in [3.63, 3.8) is 0 Å². The van der Waals surface area contributed by atoms with Gasteiger partial charge in [0.1, 0.15) is 0 Å². The summed E-state index contributed by atoms with van der Waals surface area (Å²) in [6.07, 6.45) is 0. The van der Waals surface area contributed by atoms with Crippen LogP contribution in [0.25, 0.3) is 0 Å². The van der Waals surface area contributed by atoms with E-state index in [1.807, 2.05) is 20.8 Å². The van der Waals surface area contributed by atoms with Crippen LogP contribution in [0.2, 0.25) is 0 Å². The van der Waals surface area contributed by atoms with Gasteiger partial charge in [-0.2, -0.15) is 15.3 Å². The van der Waals surface area contributed by atoms with E-state index in [4.69, 9.17) is 0 Å². The van der Waals surface area contributed by atoms with E-state index in [0.29, 0.717) is 0 Å². The third-order valence-corrected chi connectivity index (χ3v) is 5.19. The molecular weight excluding hydrogens is 489 g/mol. The van der Waals surface area contributed by atoms with Gasteiger partial charge < -0.3 is 0 Å². The summed E-state index contributed by atoms with van der Waals surface area (Å²) in [5.74, 6) is 0. The van der Waals surface area contributed by atoms with Crippen LogP contribution in [0.5, 0.6) is 0 Å². The molecule has 0 spiro atoms. The van der Waals surface area contributed by atoms with Crippen LogP contribution < -0.4 is 0 Å². The average Bonchev–Trinajstić information content (AvgIpc) is 3.31. The zero-order chi connectivity index (χ0) is 22.3. The molecule has 0 atom stereocenters. The van der Waals surface area contributed by atoms with E-state index in [0.717, 1.165) is 56.4 Å². The number of rotatable bonds is 9. The maximum atomic E-state index is 4.61. The van der Waals surface area contributed by atoms with Gasteiger partial charge in [0.05, 0.1) is 36.7 Å². The number of nitrogens with zero attached hydrogens (tertiary/aromatic N) is 7. The Morgan fingerprint density at radius 3 is 1.10 bits per heavy atom. The van der Waals surface area contributed by atoms with Crippen LogP contribution in [0.15, 0.2) is 18.2 Å². The first kappa shape index (κ1) is 24.8. The van der Waals surface area contributed by atoms with Gasteiger partial charge >= 0.3 is 27.9 Å². The third kappa shape index (κ3) is 7.07. The monoisotopic (exact) mass is 520 g/mol. The minimum absolute atomic E-state index is 0.897. The molecule has 0 radical (unpaired) electrons. The van der Waals surface area contributed by atoms with Gasteiger partial charge in [-0.25, -0.2) is 0 Å². The van der Waals surface area contributed by atoms with Crippen molar-refractivity contribution in [3.05, 3.63) is 52.4 Å². The van der Waals surface area contributed by atoms with E-state index in [9.17, 15) is 0 Å². The summed E-state index contributed by atoms with van der Waals surface area (Å²) in [5, 5.41) is 13.8. The second kappa shape index (κ2) is 11.8. The zero-order valence-electron chi connectivity index (χ0n) is 18.8. The molecule has 0 aromatic carbocycles. The van der Waals surface area contributed by atoms with E-state index in [2.05, 4.69) is 101 Å². The standard InChI is InChI=1S/C21H33N7.BrH.Ni/c1-16-13-19(4)26(22-16)10-7-25(8-11-27-20(5)14-17(2)23-27)9-12-28-21(6)15-18(3)24-28;;/h13-15H,7-12H2,1-6H3;1H;/q;;+1/p-1. The molecule has 3 aromatic rings. The summed E-state index contributed by atoms with van der Waals surface area (Å²) in [6, 6.07) is 6.41. The van der Waals surface area contributed by atoms with Crippen molar-refractivity contribution in [2.45, 2.75) is 61.2 Å². The summed E-state index contributed by atoms with van der Waals surface area (Å²) in [5.41, 5.74) is 6.89. The Balaban J connectivity index is 0.00000155. The minimum atomic E-state index is 0.897. The Morgan fingerprint density at radius 1 is 0.633 bits per heavy atom. The molecule has 0 aliphatic heterocycles. The van der Waals surface area contributed by atoms with Crippen molar-refractivity contribution in [3.8, 4) is 0 Å². The first-order valence-corrected chi connectivity index (χ1v) is 12.6. The SMILES string of the molecule is Cc1cc(C)n(CCN(CCn2nc(C)cc2C)CCn2nc(C)cc2C)n1.[Ni][Br]. The van der Waals surface area contributed by atoms with Gasteiger partial charge in [0.2, 0.25) is 0 Å². The van der Waals surface area contributed by atoms with Gasteiger partial charge in [-0.3, -0.25) is 18.9 Å². The summed E-state index contributed by atoms with van der Waals surface area (Å²) in [7, 11) is 0. The van der Waals surface area contributed by atoms with E-state index in [1.165, 1.54) is 17.1 Å². The molecule has 3 rings (SSSR count). The van der Waals surface area contributed by atoms with Crippen molar-refractivity contribution >= 4 is 14.2 Å². The van der Waals surface area contributed by atoms with E-state index < -0.39 is 0 Å². The van der Waals surface area contributed by atoms with Crippen LogP contribution >= 0.6 is 14.2 Å². The zero-order valence-corrected chi connectivity index (χ0v) is 21.4. The third-order valence-electron chi connectivity index (χ3n) is 5.19. The average molecular weight is 522 g/mol. The van der Waals surface area contributed by atoms with Crippen molar-refractivity contribution in [1.29, 1.82) is 0 Å². The molecule has 0 N–H and O–H groups in total. The Bertz CT molecular complexity index is 809. The summed E-state index contributed by atoms with van der Waals surface area (Å²) in [4.78, 5) is 2.49. The van der Waals surface area contributed by atoms with Gasteiger partial charge in [0, 0.05) is 36.7 Å². The summed E-state index contributed by atoms with van der Waals surface area (Å²) >= 11 is 6.25. The van der Waals surface area contributed by atoms with E-state index in [1.54, 1.807) is 0 Å². The first-order valence-electron chi connectivity index (χ1n) is 10.2. The van der Waals surface area contributed by atoms with E-state index >= 15 is 0 Å². The molecule has 3 aromatic heterocycles. The van der Waals surface area contributed by atoms with Crippen LogP contribution in [0.3, 0.4) is 0 Å². The quantitative estimate of drug-likeness (QED) is 0.403. The van der Waals surface area contributed by atoms with Crippen LogP contribution in [0.1, 0.15) is 34.2 Å². The Labute approximate surface area is 195 Å². The van der Waals surface area contributed by atoms with Crippen LogP contribution in [0, 0.1) is 41.5 Å². The molecule has 0 saturated carbocycles. The topological polar surface area (TPSA) is 56.7 Å². The molecular formula is C21H33BrN7Ni. The van der Waals surface area contributed by atoms with Crippen molar-refractivity contribution in [1.82, 2.24) is 34.2 Å². The second-order valence-electron chi connectivity index (χ2n) is 7.79. The predicted octanol–water partition coefficient (Wildman–Crippen LogP) is 3.67. The fraction of sp³-hybridized carbons (Fsp3) is 0.571. The van der Waals surface area contributed by atoms with Gasteiger partial charge in [0.25, 0.3) is 0 Å². The second-order valence-corrected chi connectivity index (χ2v) is 7.79. The molecule has 0 fully saturated rings. The van der Waals surface area contributed by atoms with Gasteiger partial charge in [-0.15, -0.1) is 0 Å². The molecule has 0 amide bonds. The fourth-order valence-electron chi connectivity index (χ4n) is 3.75. The number of hydrogen-bond acceptors (Lipinski definition) is 4. The Kier molecular flexibility index (Phi) is 9.78. The van der Waals surface area contributed by atoms with Gasteiger partial charge in [0.15, 0.2) is 0 Å². The summed E-state index contributed by atoms with van der Waals surface area (Å²) in [6.45, 7) is 18.1. The van der Waals surface area contributed by atoms with Crippen molar-refractivity contribution < 1.29 is 13.7 Å². The van der Waals surface area contributed by atoms with Crippen molar-refractivity contribution in [2.75, 3.05) is 19.6 Å². The van der Waals surface area contributed by atoms with E-state index in [-0.39, 0.29) is 0 Å². The normalized spacial score (nSPS) is 11.1.